The van der Waals surface area contributed by atoms with Crippen molar-refractivity contribution in [2.45, 2.75) is 0 Å². The molecule has 6 heteroatoms. The molecule has 0 aromatic heterocycles. The number of rotatable bonds is 6. The van der Waals surface area contributed by atoms with Crippen LogP contribution in [0.15, 0.2) is 84.9 Å². The number of hydrogen-bond donors (Lipinski definition) is 0. The molecule has 0 unspecified atom stereocenters. The number of anilines is 4. The van der Waals surface area contributed by atoms with Crippen LogP contribution in [0, 0.1) is 0 Å². The van der Waals surface area contributed by atoms with E-state index in [-0.39, 0.29) is 0 Å². The van der Waals surface area contributed by atoms with Crippen molar-refractivity contribution in [1.82, 2.24) is 0 Å². The van der Waals surface area contributed by atoms with Crippen molar-refractivity contribution in [3.63, 3.8) is 0 Å². The summed E-state index contributed by atoms with van der Waals surface area (Å²) in [6.07, 6.45) is 0. The van der Waals surface area contributed by atoms with E-state index in [1.807, 2.05) is 60.7 Å². The number of benzene rings is 4. The lowest BCUT2D eigenvalue weighted by molar-refractivity contribution is 0.409. The van der Waals surface area contributed by atoms with E-state index in [4.69, 9.17) is 18.9 Å². The Labute approximate surface area is 199 Å². The first-order chi connectivity index (χ1) is 16.6. The van der Waals surface area contributed by atoms with E-state index >= 15 is 0 Å². The largest absolute Gasteiger partial charge is 0.497 e. The van der Waals surface area contributed by atoms with E-state index in [1.165, 1.54) is 0 Å². The van der Waals surface area contributed by atoms with Gasteiger partial charge in [0.25, 0.3) is 0 Å². The van der Waals surface area contributed by atoms with Gasteiger partial charge in [0, 0.05) is 38.4 Å². The average Bonchev–Trinajstić information content (AvgIpc) is 2.87. The van der Waals surface area contributed by atoms with Crippen LogP contribution in [0.2, 0.25) is 0 Å². The van der Waals surface area contributed by atoms with Crippen molar-refractivity contribution in [2.75, 3.05) is 38.1 Å². The van der Waals surface area contributed by atoms with Crippen molar-refractivity contribution in [1.29, 1.82) is 0 Å². The SMILES string of the molecule is COc1cccc(Oc2ccc3c(c2)N(C)c2ccc(Oc4cccc(OC)c4)cc2N3C)c1. The zero-order chi connectivity index (χ0) is 23.7. The Morgan fingerprint density at radius 1 is 0.441 bits per heavy atom. The van der Waals surface area contributed by atoms with E-state index in [0.717, 1.165) is 57.2 Å². The van der Waals surface area contributed by atoms with E-state index < -0.39 is 0 Å². The molecule has 0 atom stereocenters. The van der Waals surface area contributed by atoms with Crippen LogP contribution in [0.1, 0.15) is 0 Å². The molecule has 1 aliphatic heterocycles. The topological polar surface area (TPSA) is 43.4 Å². The first-order valence-corrected chi connectivity index (χ1v) is 10.9. The summed E-state index contributed by atoms with van der Waals surface area (Å²) in [7, 11) is 7.41. The molecule has 0 saturated carbocycles. The van der Waals surface area contributed by atoms with Crippen LogP contribution in [-0.4, -0.2) is 28.3 Å². The van der Waals surface area contributed by atoms with Gasteiger partial charge in [0.15, 0.2) is 0 Å². The molecule has 1 heterocycles. The molecule has 0 spiro atoms. The quantitative estimate of drug-likeness (QED) is 0.309. The lowest BCUT2D eigenvalue weighted by Crippen LogP contribution is -2.24. The number of hydrogen-bond acceptors (Lipinski definition) is 6. The molecule has 1 aliphatic rings. The lowest BCUT2D eigenvalue weighted by Gasteiger charge is -2.36. The van der Waals surface area contributed by atoms with E-state index in [9.17, 15) is 0 Å². The lowest BCUT2D eigenvalue weighted by atomic mass is 10.1. The Morgan fingerprint density at radius 3 is 1.24 bits per heavy atom. The summed E-state index contributed by atoms with van der Waals surface area (Å²) in [5.41, 5.74) is 4.26. The van der Waals surface area contributed by atoms with Gasteiger partial charge in [-0.15, -0.1) is 0 Å². The van der Waals surface area contributed by atoms with Crippen molar-refractivity contribution in [2.24, 2.45) is 0 Å². The smallest absolute Gasteiger partial charge is 0.131 e. The summed E-state index contributed by atoms with van der Waals surface area (Å²) in [4.78, 5) is 4.33. The summed E-state index contributed by atoms with van der Waals surface area (Å²) < 4.78 is 22.8. The Balaban J connectivity index is 1.42. The normalized spacial score (nSPS) is 12.0. The van der Waals surface area contributed by atoms with Crippen LogP contribution in [0.5, 0.6) is 34.5 Å². The first-order valence-electron chi connectivity index (χ1n) is 10.9. The van der Waals surface area contributed by atoms with Crippen LogP contribution < -0.4 is 28.7 Å². The van der Waals surface area contributed by atoms with Crippen LogP contribution >= 0.6 is 0 Å². The van der Waals surface area contributed by atoms with Crippen molar-refractivity contribution >= 4 is 22.7 Å². The highest BCUT2D eigenvalue weighted by Gasteiger charge is 2.25. The minimum absolute atomic E-state index is 0.728. The monoisotopic (exact) mass is 454 g/mol. The minimum atomic E-state index is 0.728. The standard InChI is InChI=1S/C28H26N2O4/c1-29-25-13-11-24(34-22-10-6-8-20(16-22)32-4)18-28(25)30(2)26-14-12-23(17-27(26)29)33-21-9-5-7-19(15-21)31-3/h5-18H,1-4H3. The van der Waals surface area contributed by atoms with Gasteiger partial charge in [-0.05, 0) is 48.5 Å². The molecular weight excluding hydrogens is 428 g/mol. The van der Waals surface area contributed by atoms with Gasteiger partial charge in [-0.3, -0.25) is 0 Å². The summed E-state index contributed by atoms with van der Waals surface area (Å²) >= 11 is 0. The number of fused-ring (bicyclic) bond motifs is 2. The predicted molar refractivity (Wildman–Crippen MR) is 135 cm³/mol. The highest BCUT2D eigenvalue weighted by atomic mass is 16.5. The molecule has 0 N–H and O–H groups in total. The maximum atomic E-state index is 6.11. The highest BCUT2D eigenvalue weighted by Crippen LogP contribution is 2.49. The van der Waals surface area contributed by atoms with E-state index in [0.29, 0.717) is 0 Å². The Hall–Kier alpha value is -4.32. The van der Waals surface area contributed by atoms with Gasteiger partial charge in [0.1, 0.15) is 34.5 Å². The molecule has 0 aliphatic carbocycles. The molecule has 0 fully saturated rings. The van der Waals surface area contributed by atoms with E-state index in [1.54, 1.807) is 14.2 Å². The van der Waals surface area contributed by atoms with Gasteiger partial charge in [0.2, 0.25) is 0 Å². The van der Waals surface area contributed by atoms with Crippen molar-refractivity contribution in [3.8, 4) is 34.5 Å². The van der Waals surface area contributed by atoms with Crippen LogP contribution in [0.4, 0.5) is 22.7 Å². The molecule has 34 heavy (non-hydrogen) atoms. The van der Waals surface area contributed by atoms with Crippen LogP contribution in [0.25, 0.3) is 0 Å². The second-order valence-electron chi connectivity index (χ2n) is 7.98. The second-order valence-corrected chi connectivity index (χ2v) is 7.98. The summed E-state index contributed by atoms with van der Waals surface area (Å²) in [5, 5.41) is 0. The van der Waals surface area contributed by atoms with Gasteiger partial charge in [-0.1, -0.05) is 12.1 Å². The third-order valence-corrected chi connectivity index (χ3v) is 5.89. The molecule has 5 rings (SSSR count). The fourth-order valence-electron chi connectivity index (χ4n) is 4.10. The zero-order valence-electron chi connectivity index (χ0n) is 19.6. The van der Waals surface area contributed by atoms with Gasteiger partial charge < -0.3 is 28.7 Å². The molecule has 172 valence electrons. The van der Waals surface area contributed by atoms with Crippen molar-refractivity contribution < 1.29 is 18.9 Å². The van der Waals surface area contributed by atoms with Gasteiger partial charge in [0.05, 0.1) is 37.0 Å². The maximum absolute atomic E-state index is 6.11. The fourth-order valence-corrected chi connectivity index (χ4v) is 4.10. The molecule has 0 amide bonds. The van der Waals surface area contributed by atoms with E-state index in [2.05, 4.69) is 48.2 Å². The Kier molecular flexibility index (Phi) is 5.64. The first kappa shape index (κ1) is 21.5. The van der Waals surface area contributed by atoms with Crippen molar-refractivity contribution in [3.05, 3.63) is 84.9 Å². The van der Waals surface area contributed by atoms with Gasteiger partial charge >= 0.3 is 0 Å². The van der Waals surface area contributed by atoms with Crippen LogP contribution in [0.3, 0.4) is 0 Å². The number of ether oxygens (including phenoxy) is 4. The third-order valence-electron chi connectivity index (χ3n) is 5.89. The van der Waals surface area contributed by atoms with Gasteiger partial charge in [-0.2, -0.15) is 0 Å². The molecule has 0 bridgehead atoms. The Morgan fingerprint density at radius 2 is 0.824 bits per heavy atom. The fraction of sp³-hybridized carbons (Fsp3) is 0.143. The van der Waals surface area contributed by atoms with Gasteiger partial charge in [-0.25, -0.2) is 0 Å². The Bertz CT molecular complexity index is 1230. The maximum Gasteiger partial charge on any atom is 0.131 e. The molecule has 4 aromatic rings. The third kappa shape index (κ3) is 4.06. The zero-order valence-corrected chi connectivity index (χ0v) is 19.6. The highest BCUT2D eigenvalue weighted by molar-refractivity contribution is 5.93. The number of methoxy groups -OCH3 is 2. The average molecular weight is 455 g/mol. The van der Waals surface area contributed by atoms with Crippen LogP contribution in [-0.2, 0) is 0 Å². The summed E-state index contributed by atoms with van der Waals surface area (Å²) in [5.74, 6) is 4.49. The molecule has 4 aromatic carbocycles. The molecule has 0 radical (unpaired) electrons. The second kappa shape index (κ2) is 8.90. The summed E-state index contributed by atoms with van der Waals surface area (Å²) in [6.45, 7) is 0. The molecule has 6 nitrogen and oxygen atoms in total. The predicted octanol–water partition coefficient (Wildman–Crippen LogP) is 7.14. The number of nitrogens with zero attached hydrogens (tertiary/aromatic N) is 2. The molecule has 0 saturated heterocycles. The molecular formula is C28H26N2O4. The summed E-state index contributed by atoms with van der Waals surface area (Å²) in [6, 6.07) is 27.4. The minimum Gasteiger partial charge on any atom is -0.497 e.